The minimum absolute atomic E-state index is 0.194. The first kappa shape index (κ1) is 21.0. The van der Waals surface area contributed by atoms with Gasteiger partial charge >= 0.3 is 0 Å². The second kappa shape index (κ2) is 9.22. The molecule has 29 heavy (non-hydrogen) atoms. The van der Waals surface area contributed by atoms with Crippen molar-refractivity contribution in [1.82, 2.24) is 19.8 Å². The van der Waals surface area contributed by atoms with Gasteiger partial charge in [0, 0.05) is 18.8 Å². The van der Waals surface area contributed by atoms with Gasteiger partial charge in [0.2, 0.25) is 0 Å². The maximum Gasteiger partial charge on any atom is 0.291 e. The lowest BCUT2D eigenvalue weighted by molar-refractivity contribution is 0.0946. The highest BCUT2D eigenvalue weighted by Gasteiger charge is 2.27. The highest BCUT2D eigenvalue weighted by atomic mass is 16.2. The van der Waals surface area contributed by atoms with Crippen LogP contribution in [-0.2, 0) is 13.0 Å². The molecular formula is C22H31N5O2. The Morgan fingerprint density at radius 2 is 1.97 bits per heavy atom. The van der Waals surface area contributed by atoms with E-state index in [4.69, 9.17) is 0 Å². The summed E-state index contributed by atoms with van der Waals surface area (Å²) >= 11 is 0. The maximum absolute atomic E-state index is 13.0. The Morgan fingerprint density at radius 1 is 1.17 bits per heavy atom. The molecule has 2 heterocycles. The second-order valence-electron chi connectivity index (χ2n) is 8.02. The molecule has 2 N–H and O–H groups in total. The Bertz CT molecular complexity index is 901. The van der Waals surface area contributed by atoms with E-state index in [1.165, 1.54) is 0 Å². The second-order valence-corrected chi connectivity index (χ2v) is 8.02. The van der Waals surface area contributed by atoms with E-state index in [1.54, 1.807) is 0 Å². The van der Waals surface area contributed by atoms with Crippen molar-refractivity contribution in [1.29, 1.82) is 0 Å². The van der Waals surface area contributed by atoms with Crippen molar-refractivity contribution in [2.45, 2.75) is 46.1 Å². The molecule has 0 radical (unpaired) electrons. The molecule has 7 heteroatoms. The monoisotopic (exact) mass is 397 g/mol. The first-order chi connectivity index (χ1) is 13.9. The summed E-state index contributed by atoms with van der Waals surface area (Å²) in [6.07, 6.45) is 3.63. The molecule has 2 amide bonds. The van der Waals surface area contributed by atoms with E-state index in [0.29, 0.717) is 24.6 Å². The molecule has 0 saturated heterocycles. The van der Waals surface area contributed by atoms with E-state index < -0.39 is 0 Å². The van der Waals surface area contributed by atoms with Gasteiger partial charge in [0.25, 0.3) is 11.8 Å². The Balaban J connectivity index is 1.79. The van der Waals surface area contributed by atoms with E-state index in [1.807, 2.05) is 50.7 Å². The summed E-state index contributed by atoms with van der Waals surface area (Å²) in [7, 11) is 4.02. The highest BCUT2D eigenvalue weighted by molar-refractivity contribution is 6.04. The molecule has 0 unspecified atom stereocenters. The number of carbonyl (C=O) groups is 2. The summed E-state index contributed by atoms with van der Waals surface area (Å²) in [6, 6.07) is 5.95. The van der Waals surface area contributed by atoms with Crippen LogP contribution in [0.25, 0.3) is 0 Å². The average molecular weight is 398 g/mol. The standard InChI is InChI=1S/C22H31N5O2/c1-15-9-10-16(2)17(14-15)24-22(29)20-25-19(18-8-5-6-13-27(18)20)21(28)23-11-7-12-26(3)4/h9-10,14H,5-8,11-13H2,1-4H3,(H,23,28)(H,24,29). The fraction of sp³-hybridized carbons (Fsp3) is 0.500. The van der Waals surface area contributed by atoms with Gasteiger partial charge in [0.05, 0.1) is 5.69 Å². The molecule has 0 saturated carbocycles. The van der Waals surface area contributed by atoms with E-state index in [2.05, 4.69) is 20.5 Å². The number of fused-ring (bicyclic) bond motifs is 1. The molecule has 7 nitrogen and oxygen atoms in total. The SMILES string of the molecule is Cc1ccc(C)c(NC(=O)c2nc(C(=O)NCCCN(C)C)c3n2CCCC3)c1. The molecule has 1 aliphatic heterocycles. The summed E-state index contributed by atoms with van der Waals surface area (Å²) in [5, 5.41) is 5.92. The molecule has 1 aromatic carbocycles. The zero-order chi connectivity index (χ0) is 21.0. The molecule has 0 aliphatic carbocycles. The van der Waals surface area contributed by atoms with Crippen molar-refractivity contribution in [2.24, 2.45) is 0 Å². The van der Waals surface area contributed by atoms with Crippen LogP contribution in [0.1, 0.15) is 57.2 Å². The van der Waals surface area contributed by atoms with Crippen LogP contribution < -0.4 is 10.6 Å². The number of benzene rings is 1. The van der Waals surface area contributed by atoms with Crippen LogP contribution in [0.2, 0.25) is 0 Å². The quantitative estimate of drug-likeness (QED) is 0.704. The first-order valence-corrected chi connectivity index (χ1v) is 10.3. The molecular weight excluding hydrogens is 366 g/mol. The van der Waals surface area contributed by atoms with E-state index >= 15 is 0 Å². The summed E-state index contributed by atoms with van der Waals surface area (Å²) in [5.41, 5.74) is 4.10. The van der Waals surface area contributed by atoms with Gasteiger partial charge in [-0.15, -0.1) is 0 Å². The third-order valence-electron chi connectivity index (χ3n) is 5.24. The number of carbonyl (C=O) groups excluding carboxylic acids is 2. The third-order valence-corrected chi connectivity index (χ3v) is 5.24. The number of nitrogens with one attached hydrogen (secondary N) is 2. The van der Waals surface area contributed by atoms with Gasteiger partial charge in [0.1, 0.15) is 5.69 Å². The molecule has 0 spiro atoms. The minimum Gasteiger partial charge on any atom is -0.351 e. The van der Waals surface area contributed by atoms with Gasteiger partial charge in [-0.2, -0.15) is 0 Å². The maximum atomic E-state index is 13.0. The van der Waals surface area contributed by atoms with Crippen LogP contribution in [0.15, 0.2) is 18.2 Å². The van der Waals surface area contributed by atoms with E-state index in [-0.39, 0.29) is 11.8 Å². The van der Waals surface area contributed by atoms with Crippen molar-refractivity contribution in [3.63, 3.8) is 0 Å². The van der Waals surface area contributed by atoms with Crippen LogP contribution >= 0.6 is 0 Å². The number of imidazole rings is 1. The fourth-order valence-electron chi connectivity index (χ4n) is 3.63. The number of anilines is 1. The fourth-order valence-corrected chi connectivity index (χ4v) is 3.63. The number of rotatable bonds is 7. The van der Waals surface area contributed by atoms with Crippen molar-refractivity contribution >= 4 is 17.5 Å². The van der Waals surface area contributed by atoms with E-state index in [9.17, 15) is 9.59 Å². The topological polar surface area (TPSA) is 79.3 Å². The summed E-state index contributed by atoms with van der Waals surface area (Å²) in [6.45, 7) is 6.16. The number of aromatic nitrogens is 2. The van der Waals surface area contributed by atoms with Gasteiger partial charge in [-0.05, 0) is 77.4 Å². The lowest BCUT2D eigenvalue weighted by Gasteiger charge is -2.17. The Hall–Kier alpha value is -2.67. The smallest absolute Gasteiger partial charge is 0.291 e. The van der Waals surface area contributed by atoms with Crippen LogP contribution in [0.5, 0.6) is 0 Å². The Morgan fingerprint density at radius 3 is 2.72 bits per heavy atom. The predicted octanol–water partition coefficient (Wildman–Crippen LogP) is 2.77. The molecule has 0 atom stereocenters. The van der Waals surface area contributed by atoms with Crippen LogP contribution in [0.3, 0.4) is 0 Å². The predicted molar refractivity (Wildman–Crippen MR) is 115 cm³/mol. The molecule has 3 rings (SSSR count). The zero-order valence-electron chi connectivity index (χ0n) is 17.8. The number of amides is 2. The van der Waals surface area contributed by atoms with Crippen molar-refractivity contribution in [2.75, 3.05) is 32.5 Å². The van der Waals surface area contributed by atoms with Gasteiger partial charge in [-0.25, -0.2) is 4.98 Å². The zero-order valence-corrected chi connectivity index (χ0v) is 17.8. The lowest BCUT2D eigenvalue weighted by Crippen LogP contribution is -2.28. The Labute approximate surface area is 172 Å². The Kier molecular flexibility index (Phi) is 6.69. The summed E-state index contributed by atoms with van der Waals surface area (Å²) in [5.74, 6) is -0.146. The largest absolute Gasteiger partial charge is 0.351 e. The first-order valence-electron chi connectivity index (χ1n) is 10.3. The van der Waals surface area contributed by atoms with Crippen molar-refractivity contribution in [3.8, 4) is 0 Å². The van der Waals surface area contributed by atoms with Gasteiger partial charge in [-0.1, -0.05) is 12.1 Å². The summed E-state index contributed by atoms with van der Waals surface area (Å²) < 4.78 is 1.92. The van der Waals surface area contributed by atoms with Gasteiger partial charge < -0.3 is 20.1 Å². The number of hydrogen-bond donors (Lipinski definition) is 2. The molecule has 1 aliphatic rings. The number of nitrogens with zero attached hydrogens (tertiary/aromatic N) is 3. The molecule has 2 aromatic rings. The van der Waals surface area contributed by atoms with Gasteiger partial charge in [0.15, 0.2) is 5.82 Å². The number of aryl methyl sites for hydroxylation is 2. The van der Waals surface area contributed by atoms with Crippen LogP contribution in [-0.4, -0.2) is 53.5 Å². The highest BCUT2D eigenvalue weighted by Crippen LogP contribution is 2.23. The van der Waals surface area contributed by atoms with Crippen molar-refractivity contribution < 1.29 is 9.59 Å². The molecule has 1 aromatic heterocycles. The normalized spacial score (nSPS) is 13.3. The minimum atomic E-state index is -0.270. The van der Waals surface area contributed by atoms with Crippen LogP contribution in [0, 0.1) is 13.8 Å². The third kappa shape index (κ3) is 5.03. The molecule has 156 valence electrons. The summed E-state index contributed by atoms with van der Waals surface area (Å²) in [4.78, 5) is 32.3. The van der Waals surface area contributed by atoms with Gasteiger partial charge in [-0.3, -0.25) is 9.59 Å². The van der Waals surface area contributed by atoms with E-state index in [0.717, 1.165) is 54.7 Å². The number of hydrogen-bond acceptors (Lipinski definition) is 4. The molecule has 0 bridgehead atoms. The molecule has 0 fully saturated rings. The van der Waals surface area contributed by atoms with Crippen LogP contribution in [0.4, 0.5) is 5.69 Å². The lowest BCUT2D eigenvalue weighted by atomic mass is 10.1. The van der Waals surface area contributed by atoms with Crippen molar-refractivity contribution in [3.05, 3.63) is 46.5 Å². The average Bonchev–Trinajstić information content (AvgIpc) is 3.08.